The molecule has 0 atom stereocenters. The molecule has 28 heavy (non-hydrogen) atoms. The van der Waals surface area contributed by atoms with Gasteiger partial charge in [-0.15, -0.1) is 0 Å². The molecule has 1 saturated heterocycles. The maximum absolute atomic E-state index is 13.5. The van der Waals surface area contributed by atoms with Crippen molar-refractivity contribution in [3.63, 3.8) is 0 Å². The average molecular weight is 390 g/mol. The first-order valence-corrected chi connectivity index (χ1v) is 8.90. The van der Waals surface area contributed by atoms with Gasteiger partial charge in [-0.2, -0.15) is 0 Å². The number of hydrogen-bond donors (Lipinski definition) is 2. The van der Waals surface area contributed by atoms with Gasteiger partial charge in [0, 0.05) is 44.0 Å². The summed E-state index contributed by atoms with van der Waals surface area (Å²) in [6.07, 6.45) is 5.69. The summed E-state index contributed by atoms with van der Waals surface area (Å²) in [5, 5.41) is 0. The van der Waals surface area contributed by atoms with Crippen LogP contribution < -0.4 is 10.6 Å². The number of nitrogens with zero attached hydrogens (tertiary/aromatic N) is 4. The standard InChI is InChI=1S/C18H23FN6O3/c1-18(2,19)11-28-17(27)25-7-5-24(6-8-25)14-10-22-16-15(23-14)12(9-21-16)3-4-13(20)26/h3-4,9-10H,5-8,11H2,1-2H3,(H2,20,26)(H,21,22). The van der Waals surface area contributed by atoms with Crippen molar-refractivity contribution in [2.45, 2.75) is 19.5 Å². The number of H-pyrrole nitrogens is 1. The van der Waals surface area contributed by atoms with E-state index in [2.05, 4.69) is 15.0 Å². The summed E-state index contributed by atoms with van der Waals surface area (Å²) in [5.74, 6) is 0.122. The molecule has 0 radical (unpaired) electrons. The highest BCUT2D eigenvalue weighted by molar-refractivity contribution is 5.93. The maximum atomic E-state index is 13.5. The molecule has 3 N–H and O–H groups in total. The van der Waals surface area contributed by atoms with Crippen LogP contribution in [0.25, 0.3) is 17.2 Å². The minimum Gasteiger partial charge on any atom is -0.446 e. The molecule has 1 aliphatic heterocycles. The Kier molecular flexibility index (Phi) is 5.48. The van der Waals surface area contributed by atoms with Crippen molar-refractivity contribution < 1.29 is 18.7 Å². The molecule has 0 bridgehead atoms. The maximum Gasteiger partial charge on any atom is 0.409 e. The van der Waals surface area contributed by atoms with Gasteiger partial charge in [-0.3, -0.25) is 4.79 Å². The zero-order chi connectivity index (χ0) is 20.3. The number of fused-ring (bicyclic) bond motifs is 1. The number of aromatic amines is 1. The molecule has 150 valence electrons. The lowest BCUT2D eigenvalue weighted by Gasteiger charge is -2.34. The molecule has 9 nitrogen and oxygen atoms in total. The number of aromatic nitrogens is 3. The van der Waals surface area contributed by atoms with Gasteiger partial charge in [-0.1, -0.05) is 0 Å². The van der Waals surface area contributed by atoms with Gasteiger partial charge < -0.3 is 25.3 Å². The highest BCUT2D eigenvalue weighted by atomic mass is 19.1. The molecule has 0 saturated carbocycles. The number of rotatable bonds is 5. The van der Waals surface area contributed by atoms with Gasteiger partial charge in [0.1, 0.15) is 23.6 Å². The third-order valence-corrected chi connectivity index (χ3v) is 4.23. The molecule has 0 spiro atoms. The van der Waals surface area contributed by atoms with Crippen molar-refractivity contribution in [1.29, 1.82) is 0 Å². The van der Waals surface area contributed by atoms with E-state index in [1.807, 2.05) is 4.90 Å². The summed E-state index contributed by atoms with van der Waals surface area (Å²) in [7, 11) is 0. The normalized spacial score (nSPS) is 15.4. The van der Waals surface area contributed by atoms with Crippen LogP contribution in [0, 0.1) is 0 Å². The van der Waals surface area contributed by atoms with E-state index in [1.54, 1.807) is 23.4 Å². The number of nitrogens with one attached hydrogen (secondary N) is 1. The van der Waals surface area contributed by atoms with Crippen LogP contribution in [-0.4, -0.2) is 70.3 Å². The summed E-state index contributed by atoms with van der Waals surface area (Å²) < 4.78 is 18.5. The minimum absolute atomic E-state index is 0.275. The Balaban J connectivity index is 1.65. The van der Waals surface area contributed by atoms with E-state index in [0.29, 0.717) is 48.7 Å². The zero-order valence-electron chi connectivity index (χ0n) is 15.8. The molecule has 3 heterocycles. The molecule has 2 aromatic heterocycles. The molecule has 3 rings (SSSR count). The number of carbonyl (C=O) groups is 2. The van der Waals surface area contributed by atoms with Crippen LogP contribution in [0.15, 0.2) is 18.5 Å². The number of primary amides is 1. The molecular weight excluding hydrogens is 367 g/mol. The topological polar surface area (TPSA) is 117 Å². The second-order valence-corrected chi connectivity index (χ2v) is 7.15. The van der Waals surface area contributed by atoms with Crippen LogP contribution in [0.2, 0.25) is 0 Å². The highest BCUT2D eigenvalue weighted by Gasteiger charge is 2.26. The SMILES string of the molecule is CC(C)(F)COC(=O)N1CCN(c2cnc3[nH]cc(C=CC(N)=O)c3n2)CC1. The van der Waals surface area contributed by atoms with Gasteiger partial charge in [0.15, 0.2) is 5.65 Å². The van der Waals surface area contributed by atoms with Crippen LogP contribution in [0.5, 0.6) is 0 Å². The first-order valence-electron chi connectivity index (χ1n) is 8.90. The average Bonchev–Trinajstić information content (AvgIpc) is 3.06. The van der Waals surface area contributed by atoms with E-state index in [0.717, 1.165) is 0 Å². The largest absolute Gasteiger partial charge is 0.446 e. The zero-order valence-corrected chi connectivity index (χ0v) is 15.8. The van der Waals surface area contributed by atoms with E-state index in [1.165, 1.54) is 19.9 Å². The Hall–Kier alpha value is -3.17. The van der Waals surface area contributed by atoms with Crippen LogP contribution >= 0.6 is 0 Å². The summed E-state index contributed by atoms with van der Waals surface area (Å²) in [6.45, 7) is 4.42. The molecule has 2 aromatic rings. The minimum atomic E-state index is -1.56. The molecule has 10 heteroatoms. The van der Waals surface area contributed by atoms with E-state index < -0.39 is 17.7 Å². The number of piperazine rings is 1. The Morgan fingerprint density at radius 1 is 1.36 bits per heavy atom. The number of alkyl halides is 1. The van der Waals surface area contributed by atoms with Gasteiger partial charge in [0.25, 0.3) is 0 Å². The van der Waals surface area contributed by atoms with E-state index >= 15 is 0 Å². The third-order valence-electron chi connectivity index (χ3n) is 4.23. The molecule has 0 aromatic carbocycles. The smallest absolute Gasteiger partial charge is 0.409 e. The third kappa shape index (κ3) is 4.76. The molecule has 1 aliphatic rings. The fraction of sp³-hybridized carbons (Fsp3) is 0.444. The second-order valence-electron chi connectivity index (χ2n) is 7.15. The number of carbonyl (C=O) groups excluding carboxylic acids is 2. The van der Waals surface area contributed by atoms with Gasteiger partial charge in [-0.05, 0) is 19.9 Å². The van der Waals surface area contributed by atoms with E-state index in [-0.39, 0.29) is 6.61 Å². The van der Waals surface area contributed by atoms with Crippen molar-refractivity contribution in [1.82, 2.24) is 19.9 Å². The fourth-order valence-electron chi connectivity index (χ4n) is 2.80. The highest BCUT2D eigenvalue weighted by Crippen LogP contribution is 2.21. The van der Waals surface area contributed by atoms with Crippen molar-refractivity contribution in [2.75, 3.05) is 37.7 Å². The Morgan fingerprint density at radius 2 is 2.07 bits per heavy atom. The lowest BCUT2D eigenvalue weighted by atomic mass is 10.2. The van der Waals surface area contributed by atoms with Gasteiger partial charge in [0.05, 0.1) is 6.20 Å². The summed E-state index contributed by atoms with van der Waals surface area (Å²) in [5.41, 5.74) is 5.52. The van der Waals surface area contributed by atoms with Crippen molar-refractivity contribution >= 4 is 35.1 Å². The number of ether oxygens (including phenoxy) is 1. The lowest BCUT2D eigenvalue weighted by Crippen LogP contribution is -2.49. The molecule has 0 aliphatic carbocycles. The summed E-state index contributed by atoms with van der Waals surface area (Å²) in [6, 6.07) is 0. The van der Waals surface area contributed by atoms with Crippen molar-refractivity contribution in [2.24, 2.45) is 5.73 Å². The molecule has 0 unspecified atom stereocenters. The molecular formula is C18H23FN6O3. The Labute approximate surface area is 161 Å². The lowest BCUT2D eigenvalue weighted by molar-refractivity contribution is -0.113. The predicted molar refractivity (Wildman–Crippen MR) is 102 cm³/mol. The van der Waals surface area contributed by atoms with Gasteiger partial charge in [0.2, 0.25) is 5.91 Å². The number of nitrogens with two attached hydrogens (primary N) is 1. The monoisotopic (exact) mass is 390 g/mol. The Bertz CT molecular complexity index is 896. The van der Waals surface area contributed by atoms with Gasteiger partial charge in [-0.25, -0.2) is 19.2 Å². The fourth-order valence-corrected chi connectivity index (χ4v) is 2.80. The predicted octanol–water partition coefficient (Wildman–Crippen LogP) is 1.46. The van der Waals surface area contributed by atoms with Crippen molar-refractivity contribution in [3.8, 4) is 0 Å². The van der Waals surface area contributed by atoms with Crippen LogP contribution in [0.3, 0.4) is 0 Å². The van der Waals surface area contributed by atoms with Crippen LogP contribution in [-0.2, 0) is 9.53 Å². The Morgan fingerprint density at radius 3 is 2.71 bits per heavy atom. The van der Waals surface area contributed by atoms with Crippen molar-refractivity contribution in [3.05, 3.63) is 24.0 Å². The van der Waals surface area contributed by atoms with Gasteiger partial charge >= 0.3 is 6.09 Å². The summed E-state index contributed by atoms with van der Waals surface area (Å²) in [4.78, 5) is 38.5. The number of amides is 2. The number of anilines is 1. The van der Waals surface area contributed by atoms with Crippen LogP contribution in [0.1, 0.15) is 19.4 Å². The van der Waals surface area contributed by atoms with E-state index in [4.69, 9.17) is 10.5 Å². The number of halogens is 1. The van der Waals surface area contributed by atoms with E-state index in [9.17, 15) is 14.0 Å². The number of hydrogen-bond acceptors (Lipinski definition) is 6. The molecule has 1 fully saturated rings. The second kappa shape index (κ2) is 7.83. The summed E-state index contributed by atoms with van der Waals surface area (Å²) >= 11 is 0. The molecule has 2 amide bonds. The first kappa shape index (κ1) is 19.6. The van der Waals surface area contributed by atoms with Crippen LogP contribution in [0.4, 0.5) is 15.0 Å². The first-order chi connectivity index (χ1) is 13.2. The quantitative estimate of drug-likeness (QED) is 0.747.